The normalized spacial score (nSPS) is 11.8. The maximum atomic E-state index is 13.3. The average molecular weight is 416 g/mol. The second-order valence-electron chi connectivity index (χ2n) is 4.57. The molecule has 0 aliphatic carbocycles. The van der Waals surface area contributed by atoms with Gasteiger partial charge in [-0.3, -0.25) is 9.36 Å². The number of hydrogen-bond donors (Lipinski definition) is 0. The van der Waals surface area contributed by atoms with Gasteiger partial charge >= 0.3 is 6.18 Å². The summed E-state index contributed by atoms with van der Waals surface area (Å²) >= 11 is 2.00. The molecule has 0 atom stereocenters. The molecule has 1 heterocycles. The molecule has 2 aromatic carbocycles. The van der Waals surface area contributed by atoms with Crippen LogP contribution < -0.4 is 5.56 Å². The van der Waals surface area contributed by atoms with Crippen LogP contribution in [0.15, 0.2) is 53.3 Å². The first-order chi connectivity index (χ1) is 10.4. The van der Waals surface area contributed by atoms with Gasteiger partial charge in [-0.1, -0.05) is 18.2 Å². The molecule has 7 heteroatoms. The highest BCUT2D eigenvalue weighted by Crippen LogP contribution is 2.29. The maximum Gasteiger partial charge on any atom is 0.450 e. The van der Waals surface area contributed by atoms with Crippen LogP contribution in [0.3, 0.4) is 0 Å². The van der Waals surface area contributed by atoms with E-state index in [1.165, 1.54) is 24.3 Å². The molecule has 0 N–H and O–H groups in total. The number of aromatic nitrogens is 2. The van der Waals surface area contributed by atoms with E-state index in [2.05, 4.69) is 4.98 Å². The number of halogens is 4. The van der Waals surface area contributed by atoms with Crippen molar-refractivity contribution in [3.8, 4) is 5.69 Å². The molecule has 0 radical (unpaired) electrons. The molecule has 112 valence electrons. The molecule has 3 rings (SSSR count). The van der Waals surface area contributed by atoms with Crippen molar-refractivity contribution in [2.45, 2.75) is 6.18 Å². The van der Waals surface area contributed by atoms with E-state index >= 15 is 0 Å². The van der Waals surface area contributed by atoms with Crippen LogP contribution >= 0.6 is 22.6 Å². The molecular weight excluding hydrogens is 408 g/mol. The number of nitrogens with zero attached hydrogens (tertiary/aromatic N) is 2. The largest absolute Gasteiger partial charge is 0.450 e. The van der Waals surface area contributed by atoms with Crippen LogP contribution in [0.1, 0.15) is 5.82 Å². The van der Waals surface area contributed by atoms with Gasteiger partial charge < -0.3 is 0 Å². The van der Waals surface area contributed by atoms with Crippen LogP contribution in [-0.2, 0) is 6.18 Å². The van der Waals surface area contributed by atoms with Gasteiger partial charge in [0.25, 0.3) is 5.56 Å². The highest BCUT2D eigenvalue weighted by Gasteiger charge is 2.37. The lowest BCUT2D eigenvalue weighted by Gasteiger charge is -2.15. The summed E-state index contributed by atoms with van der Waals surface area (Å²) < 4.78 is 41.3. The highest BCUT2D eigenvalue weighted by molar-refractivity contribution is 14.1. The number of rotatable bonds is 1. The van der Waals surface area contributed by atoms with Gasteiger partial charge in [0.1, 0.15) is 0 Å². The summed E-state index contributed by atoms with van der Waals surface area (Å²) in [5.41, 5.74) is -0.569. The Bertz CT molecular complexity index is 904. The lowest BCUT2D eigenvalue weighted by atomic mass is 10.2. The fourth-order valence-corrected chi connectivity index (χ4v) is 2.66. The third-order valence-corrected chi connectivity index (χ3v) is 3.77. The molecule has 22 heavy (non-hydrogen) atoms. The molecule has 1 aromatic heterocycles. The van der Waals surface area contributed by atoms with Gasteiger partial charge in [-0.05, 0) is 52.9 Å². The van der Waals surface area contributed by atoms with Crippen molar-refractivity contribution in [2.75, 3.05) is 0 Å². The Morgan fingerprint density at radius 1 is 1.05 bits per heavy atom. The molecule has 0 amide bonds. The van der Waals surface area contributed by atoms with Crippen LogP contribution in [0.5, 0.6) is 0 Å². The van der Waals surface area contributed by atoms with Gasteiger partial charge in [0.2, 0.25) is 5.82 Å². The quantitative estimate of drug-likeness (QED) is 0.563. The summed E-state index contributed by atoms with van der Waals surface area (Å²) in [6.45, 7) is 0. The predicted octanol–water partition coefficient (Wildman–Crippen LogP) is 4.01. The van der Waals surface area contributed by atoms with Gasteiger partial charge in [0.15, 0.2) is 0 Å². The lowest BCUT2D eigenvalue weighted by Crippen LogP contribution is -2.28. The van der Waals surface area contributed by atoms with Crippen LogP contribution in [0.2, 0.25) is 0 Å². The number of benzene rings is 2. The standard InChI is InChI=1S/C15H8F3IN2O/c16-15(17,18)14-20-12-7-6-9(19)8-11(12)13(22)21(14)10-4-2-1-3-5-10/h1-8H. The van der Waals surface area contributed by atoms with Crippen LogP contribution in [-0.4, -0.2) is 9.55 Å². The van der Waals surface area contributed by atoms with Crippen molar-refractivity contribution < 1.29 is 13.2 Å². The summed E-state index contributed by atoms with van der Waals surface area (Å²) in [6, 6.07) is 12.3. The number of fused-ring (bicyclic) bond motifs is 1. The third-order valence-electron chi connectivity index (χ3n) is 3.10. The smallest absolute Gasteiger partial charge is 0.268 e. The van der Waals surface area contributed by atoms with Crippen molar-refractivity contribution in [1.82, 2.24) is 9.55 Å². The van der Waals surface area contributed by atoms with E-state index < -0.39 is 17.6 Å². The molecule has 3 nitrogen and oxygen atoms in total. The Hall–Kier alpha value is -1.90. The number of hydrogen-bond acceptors (Lipinski definition) is 2. The molecule has 3 aromatic rings. The zero-order valence-corrected chi connectivity index (χ0v) is 13.1. The van der Waals surface area contributed by atoms with Crippen LogP contribution in [0, 0.1) is 3.57 Å². The molecule has 0 bridgehead atoms. The second-order valence-corrected chi connectivity index (χ2v) is 5.82. The summed E-state index contributed by atoms with van der Waals surface area (Å²) in [6.07, 6.45) is -4.73. The fourth-order valence-electron chi connectivity index (χ4n) is 2.16. The summed E-state index contributed by atoms with van der Waals surface area (Å²) in [4.78, 5) is 16.2. The monoisotopic (exact) mass is 416 g/mol. The zero-order chi connectivity index (χ0) is 15.9. The Morgan fingerprint density at radius 3 is 2.36 bits per heavy atom. The Kier molecular flexibility index (Phi) is 3.67. The minimum absolute atomic E-state index is 0.0323. The molecule has 0 aliphatic heterocycles. The predicted molar refractivity (Wildman–Crippen MR) is 85.1 cm³/mol. The first-order valence-corrected chi connectivity index (χ1v) is 7.31. The maximum absolute atomic E-state index is 13.3. The van der Waals surface area contributed by atoms with E-state index in [1.54, 1.807) is 24.3 Å². The molecule has 0 unspecified atom stereocenters. The fraction of sp³-hybridized carbons (Fsp3) is 0.0667. The molecular formula is C15H8F3IN2O. The minimum Gasteiger partial charge on any atom is -0.268 e. The Balaban J connectivity index is 2.47. The van der Waals surface area contributed by atoms with Gasteiger partial charge in [0.05, 0.1) is 16.6 Å². The Labute approximate surface area is 136 Å². The van der Waals surface area contributed by atoms with E-state index in [-0.39, 0.29) is 16.6 Å². The highest BCUT2D eigenvalue weighted by atomic mass is 127. The SMILES string of the molecule is O=c1c2cc(I)ccc2nc(C(F)(F)F)n1-c1ccccc1. The topological polar surface area (TPSA) is 34.9 Å². The van der Waals surface area contributed by atoms with Gasteiger partial charge in [-0.2, -0.15) is 13.2 Å². The molecule has 0 aliphatic rings. The Morgan fingerprint density at radius 2 is 1.73 bits per heavy atom. The molecule has 0 fully saturated rings. The molecule has 0 spiro atoms. The third kappa shape index (κ3) is 2.60. The first kappa shape index (κ1) is 15.0. The lowest BCUT2D eigenvalue weighted by molar-refractivity contribution is -0.146. The second kappa shape index (κ2) is 5.38. The molecule has 0 saturated carbocycles. The van der Waals surface area contributed by atoms with E-state index in [1.807, 2.05) is 22.6 Å². The van der Waals surface area contributed by atoms with Crippen molar-refractivity contribution in [2.24, 2.45) is 0 Å². The first-order valence-electron chi connectivity index (χ1n) is 6.23. The average Bonchev–Trinajstić information content (AvgIpc) is 2.47. The van der Waals surface area contributed by atoms with E-state index in [0.29, 0.717) is 4.57 Å². The minimum atomic E-state index is -4.73. The summed E-state index contributed by atoms with van der Waals surface area (Å²) in [5, 5.41) is 0.156. The number of alkyl halides is 3. The molecule has 0 saturated heterocycles. The number of para-hydroxylation sites is 1. The van der Waals surface area contributed by atoms with Gasteiger partial charge in [0, 0.05) is 3.57 Å². The zero-order valence-electron chi connectivity index (χ0n) is 10.9. The van der Waals surface area contributed by atoms with E-state index in [9.17, 15) is 18.0 Å². The van der Waals surface area contributed by atoms with Gasteiger partial charge in [-0.25, -0.2) is 4.98 Å². The van der Waals surface area contributed by atoms with Crippen LogP contribution in [0.4, 0.5) is 13.2 Å². The van der Waals surface area contributed by atoms with Crippen molar-refractivity contribution in [3.63, 3.8) is 0 Å². The van der Waals surface area contributed by atoms with Gasteiger partial charge in [-0.15, -0.1) is 0 Å². The van der Waals surface area contributed by atoms with Crippen LogP contribution in [0.25, 0.3) is 16.6 Å². The van der Waals surface area contributed by atoms with E-state index in [4.69, 9.17) is 0 Å². The summed E-state index contributed by atoms with van der Waals surface area (Å²) in [5.74, 6) is -1.22. The summed E-state index contributed by atoms with van der Waals surface area (Å²) in [7, 11) is 0. The van der Waals surface area contributed by atoms with Crippen molar-refractivity contribution >= 4 is 33.5 Å². The van der Waals surface area contributed by atoms with E-state index in [0.717, 1.165) is 3.57 Å². The van der Waals surface area contributed by atoms with Crippen molar-refractivity contribution in [3.05, 3.63) is 68.3 Å². The van der Waals surface area contributed by atoms with Crippen molar-refractivity contribution in [1.29, 1.82) is 0 Å².